The minimum Gasteiger partial charge on any atom is -0.377 e. The van der Waals surface area contributed by atoms with Gasteiger partial charge in [-0.1, -0.05) is 18.7 Å². The van der Waals surface area contributed by atoms with Gasteiger partial charge in [0.1, 0.15) is 0 Å². The van der Waals surface area contributed by atoms with E-state index in [-0.39, 0.29) is 0 Å². The number of aromatic nitrogens is 2. The molecular formula is C12H20N2OS. The minimum absolute atomic E-state index is 0.436. The van der Waals surface area contributed by atoms with Gasteiger partial charge in [-0.25, -0.2) is 4.98 Å². The lowest BCUT2D eigenvalue weighted by Gasteiger charge is -2.21. The van der Waals surface area contributed by atoms with Crippen LogP contribution in [0, 0.1) is 0 Å². The van der Waals surface area contributed by atoms with Crippen LogP contribution in [-0.4, -0.2) is 28.0 Å². The maximum Gasteiger partial charge on any atom is 0.168 e. The molecule has 1 aliphatic heterocycles. The van der Waals surface area contributed by atoms with E-state index < -0.39 is 0 Å². The molecule has 1 atom stereocenters. The molecule has 0 saturated carbocycles. The van der Waals surface area contributed by atoms with Crippen molar-refractivity contribution in [3.05, 3.63) is 12.4 Å². The fraction of sp³-hybridized carbons (Fsp3) is 0.750. The molecule has 4 heteroatoms. The molecule has 0 radical (unpaired) electrons. The zero-order valence-corrected chi connectivity index (χ0v) is 10.7. The Morgan fingerprint density at radius 2 is 2.50 bits per heavy atom. The minimum atomic E-state index is 0.436. The number of aryl methyl sites for hydroxylation is 1. The standard InChI is InChI=1S/C12H20N2OS/c1-2-7-14-8-6-13-12(14)16-10-11-5-3-4-9-15-11/h6,8,11H,2-5,7,9-10H2,1H3/t11-/m0/s1. The summed E-state index contributed by atoms with van der Waals surface area (Å²) in [7, 11) is 0. The number of hydrogen-bond donors (Lipinski definition) is 0. The summed E-state index contributed by atoms with van der Waals surface area (Å²) in [5, 5.41) is 1.14. The van der Waals surface area contributed by atoms with E-state index in [2.05, 4.69) is 22.7 Å². The predicted molar refractivity (Wildman–Crippen MR) is 66.8 cm³/mol. The summed E-state index contributed by atoms with van der Waals surface area (Å²) in [6.45, 7) is 4.20. The molecule has 90 valence electrons. The van der Waals surface area contributed by atoms with E-state index in [9.17, 15) is 0 Å². The molecule has 1 aliphatic rings. The average Bonchev–Trinajstić information content (AvgIpc) is 2.76. The zero-order chi connectivity index (χ0) is 11.2. The first-order valence-corrected chi connectivity index (χ1v) is 7.14. The largest absolute Gasteiger partial charge is 0.377 e. The molecule has 0 spiro atoms. The van der Waals surface area contributed by atoms with Gasteiger partial charge in [-0.2, -0.15) is 0 Å². The third-order valence-electron chi connectivity index (χ3n) is 2.81. The quantitative estimate of drug-likeness (QED) is 0.740. The van der Waals surface area contributed by atoms with Gasteiger partial charge in [0.25, 0.3) is 0 Å². The second-order valence-electron chi connectivity index (χ2n) is 4.20. The Kier molecular flexibility index (Phi) is 4.72. The van der Waals surface area contributed by atoms with Gasteiger partial charge >= 0.3 is 0 Å². The monoisotopic (exact) mass is 240 g/mol. The molecule has 0 N–H and O–H groups in total. The van der Waals surface area contributed by atoms with Crippen LogP contribution < -0.4 is 0 Å². The van der Waals surface area contributed by atoms with Crippen LogP contribution in [0.25, 0.3) is 0 Å². The molecule has 3 nitrogen and oxygen atoms in total. The molecule has 0 amide bonds. The van der Waals surface area contributed by atoms with Crippen LogP contribution in [-0.2, 0) is 11.3 Å². The van der Waals surface area contributed by atoms with Crippen molar-refractivity contribution in [3.63, 3.8) is 0 Å². The Morgan fingerprint density at radius 1 is 1.56 bits per heavy atom. The molecule has 1 aromatic rings. The summed E-state index contributed by atoms with van der Waals surface area (Å²) in [6.07, 6.45) is 9.30. The summed E-state index contributed by atoms with van der Waals surface area (Å²) in [4.78, 5) is 4.39. The topological polar surface area (TPSA) is 27.1 Å². The molecular weight excluding hydrogens is 220 g/mol. The average molecular weight is 240 g/mol. The second-order valence-corrected chi connectivity index (χ2v) is 5.19. The summed E-state index contributed by atoms with van der Waals surface area (Å²) in [6, 6.07) is 0. The van der Waals surface area contributed by atoms with Gasteiger partial charge in [-0.3, -0.25) is 0 Å². The number of hydrogen-bond acceptors (Lipinski definition) is 3. The first-order chi connectivity index (χ1) is 7.90. The fourth-order valence-corrected chi connectivity index (χ4v) is 3.00. The fourth-order valence-electron chi connectivity index (χ4n) is 1.95. The Labute approximate surface area is 102 Å². The van der Waals surface area contributed by atoms with Gasteiger partial charge < -0.3 is 9.30 Å². The highest BCUT2D eigenvalue weighted by atomic mass is 32.2. The van der Waals surface area contributed by atoms with Gasteiger partial charge in [0.2, 0.25) is 0 Å². The molecule has 1 fully saturated rings. The highest BCUT2D eigenvalue weighted by molar-refractivity contribution is 7.99. The van der Waals surface area contributed by atoms with Gasteiger partial charge in [-0.05, 0) is 25.7 Å². The van der Waals surface area contributed by atoms with Gasteiger partial charge in [0.05, 0.1) is 6.10 Å². The Morgan fingerprint density at radius 3 is 3.25 bits per heavy atom. The van der Waals surface area contributed by atoms with E-state index in [1.807, 2.05) is 18.0 Å². The van der Waals surface area contributed by atoms with Gasteiger partial charge in [0.15, 0.2) is 5.16 Å². The molecule has 1 saturated heterocycles. The molecule has 0 bridgehead atoms. The van der Waals surface area contributed by atoms with E-state index >= 15 is 0 Å². The lowest BCUT2D eigenvalue weighted by molar-refractivity contribution is 0.0315. The van der Waals surface area contributed by atoms with Crippen molar-refractivity contribution in [3.8, 4) is 0 Å². The van der Waals surface area contributed by atoms with Crippen molar-refractivity contribution in [1.29, 1.82) is 0 Å². The van der Waals surface area contributed by atoms with Gasteiger partial charge in [-0.15, -0.1) is 0 Å². The summed E-state index contributed by atoms with van der Waals surface area (Å²) in [5.74, 6) is 1.04. The van der Waals surface area contributed by atoms with E-state index in [4.69, 9.17) is 4.74 Å². The molecule has 0 unspecified atom stereocenters. The lowest BCUT2D eigenvalue weighted by Crippen LogP contribution is -2.21. The summed E-state index contributed by atoms with van der Waals surface area (Å²) >= 11 is 1.83. The smallest absolute Gasteiger partial charge is 0.168 e. The van der Waals surface area contributed by atoms with Crippen molar-refractivity contribution < 1.29 is 4.74 Å². The molecule has 1 aromatic heterocycles. The number of nitrogens with zero attached hydrogens (tertiary/aromatic N) is 2. The number of imidazole rings is 1. The third kappa shape index (κ3) is 3.25. The molecule has 2 heterocycles. The summed E-state index contributed by atoms with van der Waals surface area (Å²) < 4.78 is 7.95. The predicted octanol–water partition coefficient (Wildman–Crippen LogP) is 2.95. The van der Waals surface area contributed by atoms with Crippen LogP contribution in [0.15, 0.2) is 17.6 Å². The van der Waals surface area contributed by atoms with E-state index in [1.54, 1.807) is 0 Å². The number of thioether (sulfide) groups is 1. The Bertz CT molecular complexity index is 308. The molecule has 0 aromatic carbocycles. The van der Waals surface area contributed by atoms with E-state index in [1.165, 1.54) is 19.3 Å². The maximum atomic E-state index is 5.72. The van der Waals surface area contributed by atoms with Crippen LogP contribution in [0.1, 0.15) is 32.6 Å². The Hall–Kier alpha value is -0.480. The van der Waals surface area contributed by atoms with Crippen molar-refractivity contribution in [2.45, 2.75) is 50.4 Å². The lowest BCUT2D eigenvalue weighted by atomic mass is 10.1. The first-order valence-electron chi connectivity index (χ1n) is 6.15. The van der Waals surface area contributed by atoms with Gasteiger partial charge in [0, 0.05) is 31.3 Å². The SMILES string of the molecule is CCCn1ccnc1SC[C@@H]1CCCCO1. The number of rotatable bonds is 5. The van der Waals surface area contributed by atoms with Crippen molar-refractivity contribution in [1.82, 2.24) is 9.55 Å². The normalized spacial score (nSPS) is 21.2. The molecule has 0 aliphatic carbocycles. The van der Waals surface area contributed by atoms with Crippen molar-refractivity contribution in [2.24, 2.45) is 0 Å². The van der Waals surface area contributed by atoms with Crippen molar-refractivity contribution in [2.75, 3.05) is 12.4 Å². The van der Waals surface area contributed by atoms with Crippen LogP contribution in [0.5, 0.6) is 0 Å². The Balaban J connectivity index is 1.81. The number of ether oxygens (including phenoxy) is 1. The molecule has 16 heavy (non-hydrogen) atoms. The van der Waals surface area contributed by atoms with E-state index in [0.29, 0.717) is 6.10 Å². The van der Waals surface area contributed by atoms with Crippen LogP contribution >= 0.6 is 11.8 Å². The van der Waals surface area contributed by atoms with Crippen LogP contribution in [0.2, 0.25) is 0 Å². The second kappa shape index (κ2) is 6.30. The highest BCUT2D eigenvalue weighted by Gasteiger charge is 2.15. The van der Waals surface area contributed by atoms with Crippen molar-refractivity contribution >= 4 is 11.8 Å². The van der Waals surface area contributed by atoms with Crippen LogP contribution in [0.4, 0.5) is 0 Å². The third-order valence-corrected chi connectivity index (χ3v) is 3.95. The van der Waals surface area contributed by atoms with Crippen LogP contribution in [0.3, 0.4) is 0 Å². The first kappa shape index (κ1) is 12.0. The van der Waals surface area contributed by atoms with E-state index in [0.717, 1.165) is 30.5 Å². The zero-order valence-electron chi connectivity index (χ0n) is 9.89. The maximum absolute atomic E-state index is 5.72. The molecule has 2 rings (SSSR count). The summed E-state index contributed by atoms with van der Waals surface area (Å²) in [5.41, 5.74) is 0. The highest BCUT2D eigenvalue weighted by Crippen LogP contribution is 2.22.